The Balaban J connectivity index is 1.40. The van der Waals surface area contributed by atoms with Crippen molar-refractivity contribution < 1.29 is 19.0 Å². The van der Waals surface area contributed by atoms with Gasteiger partial charge in [-0.2, -0.15) is 0 Å². The molecule has 3 heterocycles. The first-order valence-electron chi connectivity index (χ1n) is 10.1. The molecule has 1 aliphatic heterocycles. The number of benzene rings is 1. The number of nitrogens with one attached hydrogen (secondary N) is 2. The number of carbonyl (C=O) groups is 1. The Morgan fingerprint density at radius 2 is 2.19 bits per heavy atom. The molecule has 1 aliphatic rings. The van der Waals surface area contributed by atoms with Crippen LogP contribution >= 0.6 is 0 Å². The molecule has 162 valence electrons. The lowest BCUT2D eigenvalue weighted by atomic mass is 10.1. The Labute approximate surface area is 178 Å². The van der Waals surface area contributed by atoms with E-state index in [4.69, 9.17) is 14.2 Å². The van der Waals surface area contributed by atoms with E-state index in [0.717, 1.165) is 24.2 Å². The summed E-state index contributed by atoms with van der Waals surface area (Å²) in [5.41, 5.74) is 1.76. The van der Waals surface area contributed by atoms with Gasteiger partial charge in [-0.3, -0.25) is 9.59 Å². The number of hydrogen-bond donors (Lipinski definition) is 2. The van der Waals surface area contributed by atoms with Gasteiger partial charge in [-0.1, -0.05) is 6.07 Å². The fraction of sp³-hybridized carbons (Fsp3) is 0.364. The summed E-state index contributed by atoms with van der Waals surface area (Å²) in [5, 5.41) is 3.18. The van der Waals surface area contributed by atoms with Crippen molar-refractivity contribution in [1.29, 1.82) is 0 Å². The first kappa shape index (κ1) is 21.0. The number of carbonyl (C=O) groups excluding carboxylic acids is 1. The Morgan fingerprint density at radius 1 is 1.29 bits per heavy atom. The number of pyridine rings is 1. The molecule has 1 aromatic carbocycles. The van der Waals surface area contributed by atoms with Gasteiger partial charge in [0.25, 0.3) is 11.5 Å². The van der Waals surface area contributed by atoms with Crippen molar-refractivity contribution in [2.24, 2.45) is 5.92 Å². The number of amides is 1. The number of hydrogen-bond acceptors (Lipinski definition) is 7. The monoisotopic (exact) mass is 424 g/mol. The van der Waals surface area contributed by atoms with Crippen molar-refractivity contribution in [2.45, 2.75) is 19.6 Å². The highest BCUT2D eigenvalue weighted by atomic mass is 16.5. The minimum Gasteiger partial charge on any atom is -0.477 e. The maximum atomic E-state index is 12.5. The summed E-state index contributed by atoms with van der Waals surface area (Å²) >= 11 is 0. The first-order chi connectivity index (χ1) is 15.1. The van der Waals surface area contributed by atoms with Gasteiger partial charge in [0.2, 0.25) is 5.88 Å². The third-order valence-corrected chi connectivity index (χ3v) is 5.04. The molecule has 0 radical (unpaired) electrons. The molecule has 4 rings (SSSR count). The molecule has 2 aromatic heterocycles. The van der Waals surface area contributed by atoms with Gasteiger partial charge in [-0.05, 0) is 35.7 Å². The van der Waals surface area contributed by atoms with Crippen molar-refractivity contribution in [1.82, 2.24) is 20.3 Å². The highest BCUT2D eigenvalue weighted by Gasteiger charge is 2.17. The molecule has 1 saturated heterocycles. The average Bonchev–Trinajstić information content (AvgIpc) is 3.30. The summed E-state index contributed by atoms with van der Waals surface area (Å²) in [7, 11) is 1.59. The molecule has 0 spiro atoms. The Kier molecular flexibility index (Phi) is 6.54. The molecule has 9 heteroatoms. The Hall–Kier alpha value is -3.30. The standard InChI is InChI=1S/C22H24N4O5/c1-29-11-15-2-3-18-17(8-15)21(27)26-20(25-18)22(28)24-10-14-4-6-23-19(9-14)31-13-16-5-7-30-12-16/h2-4,6,8-9,16H,5,7,10-13H2,1H3,(H,24,28)(H,25,26,27). The summed E-state index contributed by atoms with van der Waals surface area (Å²) in [6.45, 7) is 2.67. The number of fused-ring (bicyclic) bond motifs is 1. The maximum Gasteiger partial charge on any atom is 0.287 e. The van der Waals surface area contributed by atoms with E-state index < -0.39 is 5.91 Å². The number of nitrogens with zero attached hydrogens (tertiary/aromatic N) is 2. The number of rotatable bonds is 8. The molecule has 2 N–H and O–H groups in total. The van der Waals surface area contributed by atoms with Crippen LogP contribution in [-0.4, -0.2) is 47.8 Å². The molecule has 3 aromatic rings. The van der Waals surface area contributed by atoms with E-state index in [0.29, 0.717) is 42.5 Å². The van der Waals surface area contributed by atoms with Gasteiger partial charge >= 0.3 is 0 Å². The molecule has 0 aliphatic carbocycles. The SMILES string of the molecule is COCc1ccc2nc(C(=O)NCc3ccnc(OCC4CCOC4)c3)[nH]c(=O)c2c1. The fourth-order valence-electron chi connectivity index (χ4n) is 3.37. The van der Waals surface area contributed by atoms with E-state index in [-0.39, 0.29) is 17.9 Å². The zero-order valence-corrected chi connectivity index (χ0v) is 17.2. The Morgan fingerprint density at radius 3 is 3.00 bits per heavy atom. The lowest BCUT2D eigenvalue weighted by Crippen LogP contribution is -2.27. The molecule has 0 saturated carbocycles. The van der Waals surface area contributed by atoms with E-state index in [1.807, 2.05) is 6.07 Å². The number of ether oxygens (including phenoxy) is 3. The maximum absolute atomic E-state index is 12.5. The van der Waals surface area contributed by atoms with Crippen LogP contribution in [0.5, 0.6) is 5.88 Å². The van der Waals surface area contributed by atoms with Gasteiger partial charge in [-0.25, -0.2) is 9.97 Å². The summed E-state index contributed by atoms with van der Waals surface area (Å²) in [6.07, 6.45) is 2.62. The first-order valence-corrected chi connectivity index (χ1v) is 10.1. The van der Waals surface area contributed by atoms with Gasteiger partial charge in [0, 0.05) is 38.4 Å². The van der Waals surface area contributed by atoms with Crippen LogP contribution in [0.4, 0.5) is 0 Å². The van der Waals surface area contributed by atoms with Crippen molar-refractivity contribution >= 4 is 16.8 Å². The highest BCUT2D eigenvalue weighted by Crippen LogP contribution is 2.16. The largest absolute Gasteiger partial charge is 0.477 e. The smallest absolute Gasteiger partial charge is 0.287 e. The molecule has 9 nitrogen and oxygen atoms in total. The van der Waals surface area contributed by atoms with Crippen molar-refractivity contribution in [3.05, 3.63) is 63.8 Å². The molecular formula is C22H24N4O5. The van der Waals surface area contributed by atoms with Crippen LogP contribution in [0.25, 0.3) is 10.9 Å². The number of aromatic nitrogens is 3. The molecule has 1 fully saturated rings. The van der Waals surface area contributed by atoms with E-state index in [9.17, 15) is 9.59 Å². The summed E-state index contributed by atoms with van der Waals surface area (Å²) in [5.74, 6) is 0.375. The highest BCUT2D eigenvalue weighted by molar-refractivity contribution is 5.92. The van der Waals surface area contributed by atoms with Gasteiger partial charge in [0.15, 0.2) is 5.82 Å². The van der Waals surface area contributed by atoms with Crippen LogP contribution in [0.2, 0.25) is 0 Å². The van der Waals surface area contributed by atoms with Crippen LogP contribution < -0.4 is 15.6 Å². The quantitative estimate of drug-likeness (QED) is 0.567. The third-order valence-electron chi connectivity index (χ3n) is 5.04. The summed E-state index contributed by atoms with van der Waals surface area (Å²) in [6, 6.07) is 8.81. The second kappa shape index (κ2) is 9.67. The topological polar surface area (TPSA) is 115 Å². The van der Waals surface area contributed by atoms with Crippen LogP contribution in [0.15, 0.2) is 41.3 Å². The van der Waals surface area contributed by atoms with Crippen molar-refractivity contribution in [3.63, 3.8) is 0 Å². The third kappa shape index (κ3) is 5.25. The zero-order valence-electron chi connectivity index (χ0n) is 17.2. The normalized spacial score (nSPS) is 15.8. The molecule has 31 heavy (non-hydrogen) atoms. The van der Waals surface area contributed by atoms with Gasteiger partial charge < -0.3 is 24.5 Å². The summed E-state index contributed by atoms with van der Waals surface area (Å²) < 4.78 is 16.2. The zero-order chi connectivity index (χ0) is 21.6. The van der Waals surface area contributed by atoms with Crippen molar-refractivity contribution in [2.75, 3.05) is 26.9 Å². The summed E-state index contributed by atoms with van der Waals surface area (Å²) in [4.78, 5) is 36.0. The van der Waals surface area contributed by atoms with Gasteiger partial charge in [0.05, 0.1) is 30.7 Å². The van der Waals surface area contributed by atoms with E-state index in [1.165, 1.54) is 0 Å². The molecule has 0 bridgehead atoms. The number of methoxy groups -OCH3 is 1. The van der Waals surface area contributed by atoms with E-state index in [1.54, 1.807) is 37.6 Å². The predicted octanol–water partition coefficient (Wildman–Crippen LogP) is 1.81. The van der Waals surface area contributed by atoms with Crippen LogP contribution in [0, 0.1) is 5.92 Å². The van der Waals surface area contributed by atoms with Crippen LogP contribution in [0.3, 0.4) is 0 Å². The van der Waals surface area contributed by atoms with Crippen LogP contribution in [0.1, 0.15) is 28.2 Å². The molecule has 1 amide bonds. The van der Waals surface area contributed by atoms with Crippen LogP contribution in [-0.2, 0) is 22.6 Å². The lowest BCUT2D eigenvalue weighted by Gasteiger charge is -2.11. The second-order valence-electron chi connectivity index (χ2n) is 7.42. The molecule has 1 atom stereocenters. The second-order valence-corrected chi connectivity index (χ2v) is 7.42. The fourth-order valence-corrected chi connectivity index (χ4v) is 3.37. The number of H-pyrrole nitrogens is 1. The molecular weight excluding hydrogens is 400 g/mol. The van der Waals surface area contributed by atoms with Crippen molar-refractivity contribution in [3.8, 4) is 5.88 Å². The van der Waals surface area contributed by atoms with Gasteiger partial charge in [-0.15, -0.1) is 0 Å². The number of aromatic amines is 1. The van der Waals surface area contributed by atoms with E-state index >= 15 is 0 Å². The minimum absolute atomic E-state index is 0.0382. The molecule has 1 unspecified atom stereocenters. The minimum atomic E-state index is -0.470. The lowest BCUT2D eigenvalue weighted by molar-refractivity contribution is 0.0940. The Bertz CT molecular complexity index is 1120. The van der Waals surface area contributed by atoms with E-state index in [2.05, 4.69) is 20.3 Å². The average molecular weight is 424 g/mol. The predicted molar refractivity (Wildman–Crippen MR) is 113 cm³/mol. The van der Waals surface area contributed by atoms with Gasteiger partial charge in [0.1, 0.15) is 0 Å².